The van der Waals surface area contributed by atoms with Crippen molar-refractivity contribution in [1.82, 2.24) is 4.98 Å². The van der Waals surface area contributed by atoms with E-state index in [0.717, 1.165) is 17.1 Å². The first-order valence-electron chi connectivity index (χ1n) is 5.17. The molecule has 0 amide bonds. The van der Waals surface area contributed by atoms with E-state index in [1.165, 1.54) is 4.88 Å². The fraction of sp³-hybridized carbons (Fsp3) is 0.636. The summed E-state index contributed by atoms with van der Waals surface area (Å²) in [6.07, 6.45) is 0.981. The molecule has 1 saturated carbocycles. The van der Waals surface area contributed by atoms with Crippen LogP contribution < -0.4 is 0 Å². The van der Waals surface area contributed by atoms with E-state index in [2.05, 4.69) is 11.9 Å². The Morgan fingerprint density at radius 2 is 2.27 bits per heavy atom. The maximum atomic E-state index is 11.4. The minimum absolute atomic E-state index is 0.0620. The number of nitrogens with zero attached hydrogens (tertiary/aromatic N) is 1. The zero-order valence-corrected chi connectivity index (χ0v) is 10.1. The smallest absolute Gasteiger partial charge is 0.309 e. The van der Waals surface area contributed by atoms with Crippen molar-refractivity contribution in [3.63, 3.8) is 0 Å². The lowest BCUT2D eigenvalue weighted by molar-refractivity contribution is -0.146. The molecule has 82 valence electrons. The predicted molar refractivity (Wildman–Crippen MR) is 58.7 cm³/mol. The van der Waals surface area contributed by atoms with Gasteiger partial charge in [0.1, 0.15) is 11.6 Å². The van der Waals surface area contributed by atoms with Gasteiger partial charge in [-0.3, -0.25) is 4.79 Å². The Kier molecular flexibility index (Phi) is 2.78. The van der Waals surface area contributed by atoms with Gasteiger partial charge in [0.2, 0.25) is 0 Å². The Morgan fingerprint density at radius 1 is 1.60 bits per heavy atom. The number of carbonyl (C=O) groups is 1. The van der Waals surface area contributed by atoms with Crippen LogP contribution in [0, 0.1) is 25.7 Å². The SMILES string of the molecule is Cc1nc(COC(=O)[C@H]2C[C@@H]2C)sc1C. The molecule has 0 unspecified atom stereocenters. The lowest BCUT2D eigenvalue weighted by Crippen LogP contribution is -2.07. The van der Waals surface area contributed by atoms with E-state index in [9.17, 15) is 4.79 Å². The number of hydrogen-bond acceptors (Lipinski definition) is 4. The Balaban J connectivity index is 1.85. The lowest BCUT2D eigenvalue weighted by Gasteiger charge is -2.00. The normalized spacial score (nSPS) is 23.9. The van der Waals surface area contributed by atoms with Crippen LogP contribution in [-0.2, 0) is 16.1 Å². The highest BCUT2D eigenvalue weighted by Crippen LogP contribution is 2.38. The third-order valence-corrected chi connectivity index (χ3v) is 3.87. The van der Waals surface area contributed by atoms with Crippen LogP contribution in [0.15, 0.2) is 0 Å². The summed E-state index contributed by atoms with van der Waals surface area (Å²) >= 11 is 1.60. The first kappa shape index (κ1) is 10.6. The first-order valence-corrected chi connectivity index (χ1v) is 5.99. The topological polar surface area (TPSA) is 39.2 Å². The molecule has 0 N–H and O–H groups in total. The molecule has 2 rings (SSSR count). The Morgan fingerprint density at radius 3 is 2.73 bits per heavy atom. The van der Waals surface area contributed by atoms with E-state index in [0.29, 0.717) is 12.5 Å². The summed E-state index contributed by atoms with van der Waals surface area (Å²) < 4.78 is 5.20. The standard InChI is InChI=1S/C11H15NO2S/c1-6-4-9(6)11(13)14-5-10-12-7(2)8(3)15-10/h6,9H,4-5H2,1-3H3/t6-,9-/m0/s1. The van der Waals surface area contributed by atoms with Crippen molar-refractivity contribution < 1.29 is 9.53 Å². The van der Waals surface area contributed by atoms with Crippen molar-refractivity contribution in [2.75, 3.05) is 0 Å². The van der Waals surface area contributed by atoms with Crippen LogP contribution in [0.5, 0.6) is 0 Å². The monoisotopic (exact) mass is 225 g/mol. The van der Waals surface area contributed by atoms with Crippen LogP contribution in [-0.4, -0.2) is 11.0 Å². The van der Waals surface area contributed by atoms with Crippen LogP contribution >= 0.6 is 11.3 Å². The van der Waals surface area contributed by atoms with Gasteiger partial charge in [0.15, 0.2) is 0 Å². The number of rotatable bonds is 3. The molecule has 0 aromatic carbocycles. The van der Waals surface area contributed by atoms with Crippen molar-refractivity contribution >= 4 is 17.3 Å². The highest BCUT2D eigenvalue weighted by Gasteiger charge is 2.40. The molecule has 1 heterocycles. The first-order chi connectivity index (χ1) is 7.08. The highest BCUT2D eigenvalue weighted by atomic mass is 32.1. The van der Waals surface area contributed by atoms with E-state index in [4.69, 9.17) is 4.74 Å². The van der Waals surface area contributed by atoms with Gasteiger partial charge in [0, 0.05) is 4.88 Å². The molecule has 2 atom stereocenters. The third-order valence-electron chi connectivity index (χ3n) is 2.82. The van der Waals surface area contributed by atoms with Crippen molar-refractivity contribution in [3.05, 3.63) is 15.6 Å². The van der Waals surface area contributed by atoms with E-state index in [1.807, 2.05) is 13.8 Å². The number of hydrogen-bond donors (Lipinski definition) is 0. The summed E-state index contributed by atoms with van der Waals surface area (Å²) in [7, 11) is 0. The molecule has 3 nitrogen and oxygen atoms in total. The summed E-state index contributed by atoms with van der Waals surface area (Å²) in [5.41, 5.74) is 1.03. The summed E-state index contributed by atoms with van der Waals surface area (Å²) in [5.74, 6) is 0.595. The van der Waals surface area contributed by atoms with E-state index < -0.39 is 0 Å². The number of aryl methyl sites for hydroxylation is 2. The highest BCUT2D eigenvalue weighted by molar-refractivity contribution is 7.11. The van der Waals surface area contributed by atoms with Crippen LogP contribution in [0.2, 0.25) is 0 Å². The maximum Gasteiger partial charge on any atom is 0.309 e. The van der Waals surface area contributed by atoms with Gasteiger partial charge < -0.3 is 4.74 Å². The fourth-order valence-electron chi connectivity index (χ4n) is 1.49. The summed E-state index contributed by atoms with van der Waals surface area (Å²) in [6.45, 7) is 6.41. The van der Waals surface area contributed by atoms with Gasteiger partial charge in [-0.15, -0.1) is 11.3 Å². The van der Waals surface area contributed by atoms with Gasteiger partial charge in [-0.2, -0.15) is 0 Å². The average Bonchev–Trinajstić information content (AvgIpc) is 2.82. The number of thiazole rings is 1. The molecule has 1 fully saturated rings. The Bertz CT molecular complexity index is 366. The summed E-state index contributed by atoms with van der Waals surface area (Å²) in [5, 5.41) is 0.895. The van der Waals surface area contributed by atoms with Crippen molar-refractivity contribution in [2.45, 2.75) is 33.8 Å². The molecule has 0 bridgehead atoms. The molecule has 1 aliphatic carbocycles. The molecule has 0 radical (unpaired) electrons. The summed E-state index contributed by atoms with van der Waals surface area (Å²) in [4.78, 5) is 17.0. The molecule has 0 spiro atoms. The largest absolute Gasteiger partial charge is 0.458 e. The fourth-order valence-corrected chi connectivity index (χ4v) is 2.34. The molecule has 4 heteroatoms. The van der Waals surface area contributed by atoms with E-state index in [1.54, 1.807) is 11.3 Å². The average molecular weight is 225 g/mol. The molecule has 0 saturated heterocycles. The van der Waals surface area contributed by atoms with Gasteiger partial charge in [-0.25, -0.2) is 4.98 Å². The minimum atomic E-state index is -0.0620. The van der Waals surface area contributed by atoms with Crippen LogP contribution in [0.4, 0.5) is 0 Å². The number of esters is 1. The minimum Gasteiger partial charge on any atom is -0.458 e. The van der Waals surface area contributed by atoms with E-state index in [-0.39, 0.29) is 11.9 Å². The van der Waals surface area contributed by atoms with Gasteiger partial charge in [0.25, 0.3) is 0 Å². The van der Waals surface area contributed by atoms with Crippen molar-refractivity contribution in [2.24, 2.45) is 11.8 Å². The quantitative estimate of drug-likeness (QED) is 0.742. The van der Waals surface area contributed by atoms with Crippen LogP contribution in [0.1, 0.15) is 28.9 Å². The predicted octanol–water partition coefficient (Wildman–Crippen LogP) is 2.46. The number of carbonyl (C=O) groups excluding carboxylic acids is 1. The molecular weight excluding hydrogens is 210 g/mol. The molecule has 1 aromatic rings. The maximum absolute atomic E-state index is 11.4. The Labute approximate surface area is 93.5 Å². The number of aromatic nitrogens is 1. The molecule has 1 aliphatic rings. The van der Waals surface area contributed by atoms with E-state index >= 15 is 0 Å². The zero-order valence-electron chi connectivity index (χ0n) is 9.24. The molecule has 0 aliphatic heterocycles. The van der Waals surface area contributed by atoms with Gasteiger partial charge in [-0.1, -0.05) is 6.92 Å². The third kappa shape index (κ3) is 2.37. The van der Waals surface area contributed by atoms with Gasteiger partial charge in [-0.05, 0) is 26.2 Å². The Hall–Kier alpha value is -0.900. The molecule has 15 heavy (non-hydrogen) atoms. The second-order valence-corrected chi connectivity index (χ2v) is 5.46. The zero-order chi connectivity index (χ0) is 11.0. The molecular formula is C11H15NO2S. The second-order valence-electron chi connectivity index (χ2n) is 4.18. The van der Waals surface area contributed by atoms with Crippen LogP contribution in [0.3, 0.4) is 0 Å². The summed E-state index contributed by atoms with van der Waals surface area (Å²) in [6, 6.07) is 0. The molecule has 1 aromatic heterocycles. The van der Waals surface area contributed by atoms with Crippen LogP contribution in [0.25, 0.3) is 0 Å². The van der Waals surface area contributed by atoms with Crippen molar-refractivity contribution in [1.29, 1.82) is 0 Å². The van der Waals surface area contributed by atoms with Gasteiger partial charge >= 0.3 is 5.97 Å². The second kappa shape index (κ2) is 3.93. The number of ether oxygens (including phenoxy) is 1. The lowest BCUT2D eigenvalue weighted by atomic mass is 10.3. The van der Waals surface area contributed by atoms with Gasteiger partial charge in [0.05, 0.1) is 11.6 Å². The van der Waals surface area contributed by atoms with Crippen molar-refractivity contribution in [3.8, 4) is 0 Å².